The molecule has 3 rings (SSSR count). The zero-order chi connectivity index (χ0) is 20.6. The van der Waals surface area contributed by atoms with Crippen LogP contribution in [0.3, 0.4) is 0 Å². The smallest absolute Gasteiger partial charge is 0.366 e. The Morgan fingerprint density at radius 2 is 1.38 bits per heavy atom. The lowest BCUT2D eigenvalue weighted by molar-refractivity contribution is 0.0516. The average Bonchev–Trinajstić information content (AvgIpc) is 2.79. The molecule has 0 aliphatic carbocycles. The maximum atomic E-state index is 12.7. The van der Waals surface area contributed by atoms with Gasteiger partial charge in [0.05, 0.1) is 26.9 Å². The highest BCUT2D eigenvalue weighted by Gasteiger charge is 2.18. The van der Waals surface area contributed by atoms with Crippen molar-refractivity contribution in [1.29, 1.82) is 0 Å². The SMILES string of the molecule is COc1cc(C(=O)ON=C(c2ccccc2)c2ccncc2)cc(OC)c1OC. The van der Waals surface area contributed by atoms with Crippen molar-refractivity contribution in [1.82, 2.24) is 4.98 Å². The molecule has 0 saturated heterocycles. The molecule has 0 N–H and O–H groups in total. The normalized spacial score (nSPS) is 10.9. The summed E-state index contributed by atoms with van der Waals surface area (Å²) >= 11 is 0. The first-order chi connectivity index (χ1) is 14.2. The monoisotopic (exact) mass is 392 g/mol. The van der Waals surface area contributed by atoms with E-state index in [1.54, 1.807) is 24.5 Å². The third-order valence-electron chi connectivity index (χ3n) is 4.12. The van der Waals surface area contributed by atoms with Crippen LogP contribution in [0.25, 0.3) is 0 Å². The number of benzene rings is 2. The molecule has 148 valence electrons. The minimum Gasteiger partial charge on any atom is -0.493 e. The lowest BCUT2D eigenvalue weighted by Crippen LogP contribution is -2.08. The molecular formula is C22H20N2O5. The number of aromatic nitrogens is 1. The van der Waals surface area contributed by atoms with Crippen molar-refractivity contribution in [2.24, 2.45) is 5.16 Å². The highest BCUT2D eigenvalue weighted by atomic mass is 16.7. The number of pyridine rings is 1. The van der Waals surface area contributed by atoms with E-state index in [2.05, 4.69) is 10.1 Å². The molecule has 3 aromatic rings. The molecule has 0 saturated carbocycles. The number of oxime groups is 1. The lowest BCUT2D eigenvalue weighted by atomic mass is 10.0. The first-order valence-corrected chi connectivity index (χ1v) is 8.73. The quantitative estimate of drug-likeness (QED) is 0.346. The highest BCUT2D eigenvalue weighted by Crippen LogP contribution is 2.38. The van der Waals surface area contributed by atoms with Crippen molar-refractivity contribution in [3.05, 3.63) is 83.7 Å². The second kappa shape index (κ2) is 9.36. The van der Waals surface area contributed by atoms with Crippen LogP contribution in [-0.4, -0.2) is 38.0 Å². The summed E-state index contributed by atoms with van der Waals surface area (Å²) in [5.41, 5.74) is 2.29. The van der Waals surface area contributed by atoms with Crippen molar-refractivity contribution < 1.29 is 23.8 Å². The van der Waals surface area contributed by atoms with E-state index in [1.165, 1.54) is 33.5 Å². The van der Waals surface area contributed by atoms with E-state index < -0.39 is 5.97 Å². The molecule has 0 amide bonds. The maximum Gasteiger partial charge on any atom is 0.366 e. The van der Waals surface area contributed by atoms with Gasteiger partial charge in [-0.15, -0.1) is 0 Å². The molecule has 1 aromatic heterocycles. The van der Waals surface area contributed by atoms with Gasteiger partial charge in [0, 0.05) is 23.5 Å². The Labute approximate surface area is 168 Å². The minimum absolute atomic E-state index is 0.213. The number of nitrogens with zero attached hydrogens (tertiary/aromatic N) is 2. The van der Waals surface area contributed by atoms with Crippen LogP contribution in [0, 0.1) is 0 Å². The predicted molar refractivity (Wildman–Crippen MR) is 108 cm³/mol. The number of hydrogen-bond acceptors (Lipinski definition) is 7. The second-order valence-electron chi connectivity index (χ2n) is 5.83. The van der Waals surface area contributed by atoms with E-state index in [-0.39, 0.29) is 5.56 Å². The fraction of sp³-hybridized carbons (Fsp3) is 0.136. The van der Waals surface area contributed by atoms with Crippen LogP contribution in [0.1, 0.15) is 21.5 Å². The lowest BCUT2D eigenvalue weighted by Gasteiger charge is -2.13. The predicted octanol–water partition coefficient (Wildman–Crippen LogP) is 3.72. The van der Waals surface area contributed by atoms with Crippen LogP contribution in [0.5, 0.6) is 17.2 Å². The average molecular weight is 392 g/mol. The summed E-state index contributed by atoms with van der Waals surface area (Å²) < 4.78 is 15.8. The second-order valence-corrected chi connectivity index (χ2v) is 5.83. The number of rotatable bonds is 7. The summed E-state index contributed by atoms with van der Waals surface area (Å²) in [6.45, 7) is 0. The van der Waals surface area contributed by atoms with Crippen LogP contribution in [0.2, 0.25) is 0 Å². The zero-order valence-electron chi connectivity index (χ0n) is 16.3. The molecule has 29 heavy (non-hydrogen) atoms. The third kappa shape index (κ3) is 4.52. The van der Waals surface area contributed by atoms with Gasteiger partial charge in [-0.3, -0.25) is 4.98 Å². The summed E-state index contributed by atoms with van der Waals surface area (Å²) in [6.07, 6.45) is 3.30. The summed E-state index contributed by atoms with van der Waals surface area (Å²) in [4.78, 5) is 21.9. The Bertz CT molecular complexity index is 938. The van der Waals surface area contributed by atoms with Crippen molar-refractivity contribution >= 4 is 11.7 Å². The van der Waals surface area contributed by atoms with E-state index in [4.69, 9.17) is 19.0 Å². The van der Waals surface area contributed by atoms with Gasteiger partial charge < -0.3 is 19.0 Å². The summed E-state index contributed by atoms with van der Waals surface area (Å²) in [6, 6.07) is 16.0. The van der Waals surface area contributed by atoms with Crippen LogP contribution in [-0.2, 0) is 4.84 Å². The number of methoxy groups -OCH3 is 3. The molecule has 0 aliphatic rings. The molecule has 0 spiro atoms. The number of carbonyl (C=O) groups excluding carboxylic acids is 1. The molecule has 0 radical (unpaired) electrons. The van der Waals surface area contributed by atoms with Gasteiger partial charge >= 0.3 is 5.97 Å². The highest BCUT2D eigenvalue weighted by molar-refractivity contribution is 6.12. The third-order valence-corrected chi connectivity index (χ3v) is 4.12. The van der Waals surface area contributed by atoms with E-state index in [1.807, 2.05) is 30.3 Å². The summed E-state index contributed by atoms with van der Waals surface area (Å²) in [7, 11) is 4.44. The van der Waals surface area contributed by atoms with Crippen LogP contribution in [0.4, 0.5) is 0 Å². The molecule has 7 heteroatoms. The Hall–Kier alpha value is -3.87. The minimum atomic E-state index is -0.660. The van der Waals surface area contributed by atoms with Gasteiger partial charge in [0.2, 0.25) is 5.75 Å². The molecule has 0 atom stereocenters. The summed E-state index contributed by atoms with van der Waals surface area (Å²) in [5, 5.41) is 4.12. The fourth-order valence-corrected chi connectivity index (χ4v) is 2.72. The topological polar surface area (TPSA) is 79.2 Å². The van der Waals surface area contributed by atoms with E-state index in [0.29, 0.717) is 23.0 Å². The molecule has 7 nitrogen and oxygen atoms in total. The number of carbonyl (C=O) groups is 1. The van der Waals surface area contributed by atoms with Crippen LogP contribution in [0.15, 0.2) is 72.1 Å². The number of hydrogen-bond donors (Lipinski definition) is 0. The van der Waals surface area contributed by atoms with Crippen molar-refractivity contribution in [2.75, 3.05) is 21.3 Å². The maximum absolute atomic E-state index is 12.7. The number of ether oxygens (including phenoxy) is 3. The molecule has 0 unspecified atom stereocenters. The van der Waals surface area contributed by atoms with Gasteiger partial charge in [-0.25, -0.2) is 4.79 Å². The van der Waals surface area contributed by atoms with Gasteiger partial charge in [-0.2, -0.15) is 0 Å². The molecule has 1 heterocycles. The van der Waals surface area contributed by atoms with E-state index in [0.717, 1.165) is 11.1 Å². The Morgan fingerprint density at radius 1 is 0.793 bits per heavy atom. The van der Waals surface area contributed by atoms with Gasteiger partial charge in [-0.1, -0.05) is 35.5 Å². The Morgan fingerprint density at radius 3 is 1.93 bits per heavy atom. The van der Waals surface area contributed by atoms with E-state index in [9.17, 15) is 4.79 Å². The molecular weight excluding hydrogens is 372 g/mol. The van der Waals surface area contributed by atoms with Crippen LogP contribution >= 0.6 is 0 Å². The van der Waals surface area contributed by atoms with E-state index >= 15 is 0 Å². The van der Waals surface area contributed by atoms with Gasteiger partial charge in [0.25, 0.3) is 0 Å². The fourth-order valence-electron chi connectivity index (χ4n) is 2.72. The Balaban J connectivity index is 1.95. The molecule has 0 aliphatic heterocycles. The van der Waals surface area contributed by atoms with Crippen LogP contribution < -0.4 is 14.2 Å². The zero-order valence-corrected chi connectivity index (χ0v) is 16.3. The standard InChI is InChI=1S/C22H20N2O5/c1-26-18-13-17(14-19(27-2)21(18)28-3)22(25)29-24-20(15-7-5-4-6-8-15)16-9-11-23-12-10-16/h4-14H,1-3H3. The molecule has 0 fully saturated rings. The van der Waals surface area contributed by atoms with Crippen molar-refractivity contribution in [2.45, 2.75) is 0 Å². The summed E-state index contributed by atoms with van der Waals surface area (Å²) in [5.74, 6) is 0.420. The van der Waals surface area contributed by atoms with Gasteiger partial charge in [0.1, 0.15) is 5.71 Å². The van der Waals surface area contributed by atoms with Crippen molar-refractivity contribution in [3.63, 3.8) is 0 Å². The van der Waals surface area contributed by atoms with Gasteiger partial charge in [0.15, 0.2) is 11.5 Å². The first kappa shape index (κ1) is 19.9. The van der Waals surface area contributed by atoms with Gasteiger partial charge in [-0.05, 0) is 24.3 Å². The van der Waals surface area contributed by atoms with Crippen molar-refractivity contribution in [3.8, 4) is 17.2 Å². The molecule has 2 aromatic carbocycles. The first-order valence-electron chi connectivity index (χ1n) is 8.73. The Kier molecular flexibility index (Phi) is 6.42. The molecule has 0 bridgehead atoms. The largest absolute Gasteiger partial charge is 0.493 e.